The molecule has 0 fully saturated rings. The fourth-order valence-electron chi connectivity index (χ4n) is 3.65. The summed E-state index contributed by atoms with van der Waals surface area (Å²) in [5, 5.41) is 7.65. The van der Waals surface area contributed by atoms with Crippen molar-refractivity contribution >= 4 is 5.91 Å². The molecule has 5 heteroatoms. The van der Waals surface area contributed by atoms with Crippen molar-refractivity contribution in [1.29, 1.82) is 0 Å². The van der Waals surface area contributed by atoms with Crippen LogP contribution in [0.25, 0.3) is 0 Å². The molecule has 0 saturated heterocycles. The second-order valence-electron chi connectivity index (χ2n) is 6.70. The number of amides is 1. The highest BCUT2D eigenvalue weighted by Crippen LogP contribution is 2.28. The Morgan fingerprint density at radius 1 is 1.08 bits per heavy atom. The summed E-state index contributed by atoms with van der Waals surface area (Å²) in [6, 6.07) is 19.8. The van der Waals surface area contributed by atoms with E-state index in [9.17, 15) is 4.79 Å². The Bertz CT molecular complexity index is 849. The van der Waals surface area contributed by atoms with Crippen LogP contribution in [0.5, 0.6) is 0 Å². The minimum atomic E-state index is -0.336. The molecule has 1 aromatic heterocycles. The Kier molecular flexibility index (Phi) is 4.52. The summed E-state index contributed by atoms with van der Waals surface area (Å²) >= 11 is 0. The van der Waals surface area contributed by atoms with Gasteiger partial charge in [-0.15, -0.1) is 0 Å². The van der Waals surface area contributed by atoms with Crippen molar-refractivity contribution in [1.82, 2.24) is 20.1 Å². The monoisotopic (exact) mass is 346 g/mol. The van der Waals surface area contributed by atoms with Crippen LogP contribution in [0.4, 0.5) is 0 Å². The minimum absolute atomic E-state index is 0.00139. The van der Waals surface area contributed by atoms with Crippen molar-refractivity contribution in [2.45, 2.75) is 38.3 Å². The third kappa shape index (κ3) is 3.25. The van der Waals surface area contributed by atoms with Gasteiger partial charge in [0, 0.05) is 6.54 Å². The summed E-state index contributed by atoms with van der Waals surface area (Å²) in [4.78, 5) is 17.8. The third-order valence-electron chi connectivity index (χ3n) is 4.83. The number of aryl methyl sites for hydroxylation is 2. The van der Waals surface area contributed by atoms with E-state index < -0.39 is 0 Å². The molecule has 1 atom stereocenters. The first-order chi connectivity index (χ1) is 12.7. The summed E-state index contributed by atoms with van der Waals surface area (Å²) in [7, 11) is 0. The van der Waals surface area contributed by atoms with Gasteiger partial charge in [-0.3, -0.25) is 4.79 Å². The lowest BCUT2D eigenvalue weighted by Gasteiger charge is -2.26. The maximum atomic E-state index is 13.3. The van der Waals surface area contributed by atoms with Gasteiger partial charge in [0.05, 0.1) is 12.0 Å². The first-order valence-electron chi connectivity index (χ1n) is 9.04. The Morgan fingerprint density at radius 3 is 2.31 bits per heavy atom. The van der Waals surface area contributed by atoms with Crippen molar-refractivity contribution in [2.24, 2.45) is 0 Å². The van der Waals surface area contributed by atoms with E-state index in [0.717, 1.165) is 42.2 Å². The first kappa shape index (κ1) is 16.5. The van der Waals surface area contributed by atoms with Gasteiger partial charge in [-0.1, -0.05) is 60.7 Å². The van der Waals surface area contributed by atoms with E-state index in [1.165, 1.54) is 0 Å². The SMILES string of the molecule is Cc1nc2n(n1)CCCC2NC(=O)C(c1ccccc1)c1ccccc1. The zero-order valence-electron chi connectivity index (χ0n) is 14.8. The van der Waals surface area contributed by atoms with Crippen LogP contribution >= 0.6 is 0 Å². The van der Waals surface area contributed by atoms with Crippen LogP contribution in [0.1, 0.15) is 47.6 Å². The van der Waals surface area contributed by atoms with Gasteiger partial charge in [0.15, 0.2) is 0 Å². The summed E-state index contributed by atoms with van der Waals surface area (Å²) in [6.45, 7) is 2.75. The topological polar surface area (TPSA) is 59.8 Å². The molecular weight excluding hydrogens is 324 g/mol. The Balaban J connectivity index is 1.64. The number of hydrogen-bond acceptors (Lipinski definition) is 3. The number of aromatic nitrogens is 3. The predicted molar refractivity (Wildman–Crippen MR) is 99.6 cm³/mol. The minimum Gasteiger partial charge on any atom is -0.345 e. The molecule has 4 rings (SSSR count). The number of fused-ring (bicyclic) bond motifs is 1. The Morgan fingerprint density at radius 2 is 1.69 bits per heavy atom. The molecule has 2 heterocycles. The summed E-state index contributed by atoms with van der Waals surface area (Å²) in [5.74, 6) is 1.28. The van der Waals surface area contributed by atoms with Crippen LogP contribution in [0.2, 0.25) is 0 Å². The van der Waals surface area contributed by atoms with Crippen molar-refractivity contribution in [2.75, 3.05) is 0 Å². The molecule has 0 bridgehead atoms. The molecule has 1 aliphatic rings. The molecule has 26 heavy (non-hydrogen) atoms. The first-order valence-corrected chi connectivity index (χ1v) is 9.04. The number of carbonyl (C=O) groups is 1. The highest BCUT2D eigenvalue weighted by Gasteiger charge is 2.29. The number of nitrogens with zero attached hydrogens (tertiary/aromatic N) is 3. The number of rotatable bonds is 4. The van der Waals surface area contributed by atoms with E-state index in [1.807, 2.05) is 72.3 Å². The van der Waals surface area contributed by atoms with E-state index in [0.29, 0.717) is 0 Å². The van der Waals surface area contributed by atoms with Gasteiger partial charge in [0.2, 0.25) is 5.91 Å². The van der Waals surface area contributed by atoms with Crippen LogP contribution in [0.15, 0.2) is 60.7 Å². The molecule has 2 aromatic carbocycles. The third-order valence-corrected chi connectivity index (χ3v) is 4.83. The van der Waals surface area contributed by atoms with Crippen LogP contribution in [-0.2, 0) is 11.3 Å². The highest BCUT2D eigenvalue weighted by molar-refractivity contribution is 5.87. The molecule has 0 saturated carbocycles. The second-order valence-corrected chi connectivity index (χ2v) is 6.70. The molecule has 1 aliphatic heterocycles. The van der Waals surface area contributed by atoms with Crippen LogP contribution in [0, 0.1) is 6.92 Å². The van der Waals surface area contributed by atoms with Gasteiger partial charge in [0.1, 0.15) is 11.6 Å². The smallest absolute Gasteiger partial charge is 0.232 e. The van der Waals surface area contributed by atoms with Gasteiger partial charge in [-0.2, -0.15) is 5.10 Å². The average molecular weight is 346 g/mol. The second kappa shape index (κ2) is 7.12. The van der Waals surface area contributed by atoms with Gasteiger partial charge in [0.25, 0.3) is 0 Å². The van der Waals surface area contributed by atoms with E-state index in [2.05, 4.69) is 15.4 Å². The van der Waals surface area contributed by atoms with Gasteiger partial charge >= 0.3 is 0 Å². The zero-order valence-corrected chi connectivity index (χ0v) is 14.8. The van der Waals surface area contributed by atoms with Gasteiger partial charge < -0.3 is 5.32 Å². The molecule has 1 unspecified atom stereocenters. The molecule has 5 nitrogen and oxygen atoms in total. The van der Waals surface area contributed by atoms with Gasteiger partial charge in [-0.05, 0) is 30.9 Å². The fourth-order valence-corrected chi connectivity index (χ4v) is 3.65. The predicted octanol–water partition coefficient (Wildman–Crippen LogP) is 3.37. The van der Waals surface area contributed by atoms with Crippen LogP contribution in [-0.4, -0.2) is 20.7 Å². The molecule has 0 spiro atoms. The molecular formula is C21H22N4O. The van der Waals surface area contributed by atoms with Gasteiger partial charge in [-0.25, -0.2) is 9.67 Å². The van der Waals surface area contributed by atoms with E-state index in [4.69, 9.17) is 0 Å². The molecule has 3 aromatic rings. The lowest BCUT2D eigenvalue weighted by molar-refractivity contribution is -0.122. The molecule has 1 amide bonds. The number of benzene rings is 2. The maximum absolute atomic E-state index is 13.3. The lowest BCUT2D eigenvalue weighted by Crippen LogP contribution is -2.36. The van der Waals surface area contributed by atoms with E-state index in [-0.39, 0.29) is 17.9 Å². The molecule has 132 valence electrons. The standard InChI is InChI=1S/C21H22N4O/c1-15-22-20-18(13-8-14-25(20)24-15)23-21(26)19(16-9-4-2-5-10-16)17-11-6-3-7-12-17/h2-7,9-12,18-19H,8,13-14H2,1H3,(H,23,26). The summed E-state index contributed by atoms with van der Waals surface area (Å²) in [5.41, 5.74) is 1.98. The van der Waals surface area contributed by atoms with Crippen molar-refractivity contribution in [3.05, 3.63) is 83.4 Å². The molecule has 0 radical (unpaired) electrons. The number of carbonyl (C=O) groups excluding carboxylic acids is 1. The number of nitrogens with one attached hydrogen (secondary N) is 1. The fraction of sp³-hybridized carbons (Fsp3) is 0.286. The average Bonchev–Trinajstić information content (AvgIpc) is 3.05. The molecule has 1 N–H and O–H groups in total. The van der Waals surface area contributed by atoms with E-state index >= 15 is 0 Å². The van der Waals surface area contributed by atoms with Crippen LogP contribution in [0.3, 0.4) is 0 Å². The molecule has 0 aliphatic carbocycles. The number of hydrogen-bond donors (Lipinski definition) is 1. The largest absolute Gasteiger partial charge is 0.345 e. The lowest BCUT2D eigenvalue weighted by atomic mass is 9.90. The highest BCUT2D eigenvalue weighted by atomic mass is 16.2. The zero-order chi connectivity index (χ0) is 17.9. The Hall–Kier alpha value is -2.95. The van der Waals surface area contributed by atoms with Crippen molar-refractivity contribution in [3.63, 3.8) is 0 Å². The van der Waals surface area contributed by atoms with Crippen molar-refractivity contribution < 1.29 is 4.79 Å². The van der Waals surface area contributed by atoms with Crippen LogP contribution < -0.4 is 5.32 Å². The maximum Gasteiger partial charge on any atom is 0.232 e. The van der Waals surface area contributed by atoms with E-state index in [1.54, 1.807) is 0 Å². The summed E-state index contributed by atoms with van der Waals surface area (Å²) < 4.78 is 1.92. The summed E-state index contributed by atoms with van der Waals surface area (Å²) in [6.07, 6.45) is 1.88. The van der Waals surface area contributed by atoms with Crippen molar-refractivity contribution in [3.8, 4) is 0 Å². The quantitative estimate of drug-likeness (QED) is 0.788. The Labute approximate surface area is 153 Å². The normalized spacial score (nSPS) is 16.3.